The van der Waals surface area contributed by atoms with Gasteiger partial charge in [0.2, 0.25) is 0 Å². The van der Waals surface area contributed by atoms with Crippen LogP contribution in [0.3, 0.4) is 0 Å². The van der Waals surface area contributed by atoms with E-state index in [0.29, 0.717) is 19.7 Å². The molecule has 0 spiro atoms. The highest BCUT2D eigenvalue weighted by Crippen LogP contribution is 2.22. The molecule has 1 aliphatic heterocycles. The quantitative estimate of drug-likeness (QED) is 0.563. The van der Waals surface area contributed by atoms with E-state index in [1.54, 1.807) is 4.90 Å². The Labute approximate surface area is 181 Å². The van der Waals surface area contributed by atoms with E-state index in [2.05, 4.69) is 15.9 Å². The molecule has 2 aromatic carbocycles. The lowest BCUT2D eigenvalue weighted by molar-refractivity contribution is 0.0126. The second-order valence-corrected chi connectivity index (χ2v) is 9.09. The molecule has 5 nitrogen and oxygen atoms in total. The normalized spacial score (nSPS) is 15.1. The van der Waals surface area contributed by atoms with Crippen LogP contribution in [0.25, 0.3) is 0 Å². The van der Waals surface area contributed by atoms with Gasteiger partial charge in [0.05, 0.1) is 0 Å². The van der Waals surface area contributed by atoms with E-state index in [9.17, 15) is 4.79 Å². The molecule has 0 aliphatic carbocycles. The van der Waals surface area contributed by atoms with Crippen LogP contribution in [0.5, 0.6) is 11.5 Å². The molecule has 0 aromatic heterocycles. The molecule has 1 saturated heterocycles. The molecular weight excluding hydrogens is 434 g/mol. The van der Waals surface area contributed by atoms with E-state index in [-0.39, 0.29) is 12.2 Å². The van der Waals surface area contributed by atoms with Crippen molar-refractivity contribution < 1.29 is 19.0 Å². The first kappa shape index (κ1) is 21.5. The number of amides is 1. The van der Waals surface area contributed by atoms with Crippen molar-refractivity contribution in [1.82, 2.24) is 4.90 Å². The van der Waals surface area contributed by atoms with Gasteiger partial charge in [-0.2, -0.15) is 0 Å². The van der Waals surface area contributed by atoms with Crippen molar-refractivity contribution in [3.05, 3.63) is 58.6 Å². The first-order valence-electron chi connectivity index (χ1n) is 9.90. The molecule has 0 saturated carbocycles. The Morgan fingerprint density at radius 1 is 1.00 bits per heavy atom. The number of nitrogens with zero attached hydrogens (tertiary/aromatic N) is 1. The smallest absolute Gasteiger partial charge is 0.410 e. The average molecular weight is 462 g/mol. The van der Waals surface area contributed by atoms with Crippen LogP contribution in [0.4, 0.5) is 4.79 Å². The summed E-state index contributed by atoms with van der Waals surface area (Å²) in [6, 6.07) is 15.8. The van der Waals surface area contributed by atoms with E-state index < -0.39 is 5.60 Å². The van der Waals surface area contributed by atoms with Gasteiger partial charge in [0.1, 0.15) is 29.8 Å². The van der Waals surface area contributed by atoms with Gasteiger partial charge in [-0.05, 0) is 62.7 Å². The van der Waals surface area contributed by atoms with Crippen molar-refractivity contribution in [2.45, 2.75) is 51.9 Å². The standard InChI is InChI=1S/C23H28BrNO4/c1-23(2,3)29-22(26)25-14-12-21(13-15-25)28-20-8-4-17(5-9-20)16-27-19-10-6-18(24)7-11-19/h4-11,21H,12-16H2,1-3H3. The zero-order valence-electron chi connectivity index (χ0n) is 17.2. The Morgan fingerprint density at radius 3 is 2.17 bits per heavy atom. The highest BCUT2D eigenvalue weighted by Gasteiger charge is 2.27. The molecule has 1 aliphatic rings. The zero-order valence-corrected chi connectivity index (χ0v) is 18.8. The number of likely N-dealkylation sites (tertiary alicyclic amines) is 1. The number of carbonyl (C=O) groups is 1. The van der Waals surface area contributed by atoms with E-state index >= 15 is 0 Å². The van der Waals surface area contributed by atoms with E-state index in [4.69, 9.17) is 14.2 Å². The Hall–Kier alpha value is -2.21. The Balaban J connectivity index is 1.43. The van der Waals surface area contributed by atoms with Gasteiger partial charge in [0, 0.05) is 30.4 Å². The van der Waals surface area contributed by atoms with Crippen molar-refractivity contribution in [2.24, 2.45) is 0 Å². The first-order valence-corrected chi connectivity index (χ1v) is 10.7. The minimum atomic E-state index is -0.465. The predicted molar refractivity (Wildman–Crippen MR) is 116 cm³/mol. The molecule has 0 unspecified atom stereocenters. The summed E-state index contributed by atoms with van der Waals surface area (Å²) in [6.07, 6.45) is 1.46. The minimum absolute atomic E-state index is 0.110. The maximum Gasteiger partial charge on any atom is 0.410 e. The monoisotopic (exact) mass is 461 g/mol. The van der Waals surface area contributed by atoms with Gasteiger partial charge < -0.3 is 19.1 Å². The summed E-state index contributed by atoms with van der Waals surface area (Å²) in [5.74, 6) is 1.68. The van der Waals surface area contributed by atoms with Crippen LogP contribution in [0.15, 0.2) is 53.0 Å². The summed E-state index contributed by atoms with van der Waals surface area (Å²) in [4.78, 5) is 13.9. The summed E-state index contributed by atoms with van der Waals surface area (Å²) in [5.41, 5.74) is 0.618. The van der Waals surface area contributed by atoms with Crippen LogP contribution in [0, 0.1) is 0 Å². The SMILES string of the molecule is CC(C)(C)OC(=O)N1CCC(Oc2ccc(COc3ccc(Br)cc3)cc2)CC1. The second-order valence-electron chi connectivity index (χ2n) is 8.17. The number of hydrogen-bond acceptors (Lipinski definition) is 4. The fourth-order valence-electron chi connectivity index (χ4n) is 3.04. The van der Waals surface area contributed by atoms with Gasteiger partial charge in [-0.3, -0.25) is 0 Å². The predicted octanol–water partition coefficient (Wildman–Crippen LogP) is 5.81. The lowest BCUT2D eigenvalue weighted by Crippen LogP contribution is -2.44. The second kappa shape index (κ2) is 9.53. The van der Waals surface area contributed by atoms with Gasteiger partial charge >= 0.3 is 6.09 Å². The Morgan fingerprint density at radius 2 is 1.59 bits per heavy atom. The van der Waals surface area contributed by atoms with Crippen molar-refractivity contribution >= 4 is 22.0 Å². The molecule has 1 amide bonds. The number of halogens is 1. The zero-order chi connectivity index (χ0) is 20.9. The number of benzene rings is 2. The molecule has 0 N–H and O–H groups in total. The number of piperidine rings is 1. The molecular formula is C23H28BrNO4. The Kier molecular flexibility index (Phi) is 7.06. The van der Waals surface area contributed by atoms with Crippen molar-refractivity contribution in [3.8, 4) is 11.5 Å². The maximum absolute atomic E-state index is 12.1. The van der Waals surface area contributed by atoms with E-state index in [1.807, 2.05) is 69.3 Å². The first-order chi connectivity index (χ1) is 13.8. The summed E-state index contributed by atoms with van der Waals surface area (Å²) in [5, 5.41) is 0. The molecule has 0 bridgehead atoms. The van der Waals surface area contributed by atoms with E-state index in [1.165, 1.54) is 0 Å². The third-order valence-electron chi connectivity index (χ3n) is 4.54. The number of ether oxygens (including phenoxy) is 3. The molecule has 29 heavy (non-hydrogen) atoms. The number of carbonyl (C=O) groups excluding carboxylic acids is 1. The fourth-order valence-corrected chi connectivity index (χ4v) is 3.30. The molecule has 6 heteroatoms. The topological polar surface area (TPSA) is 48.0 Å². The largest absolute Gasteiger partial charge is 0.490 e. The van der Waals surface area contributed by atoms with E-state index in [0.717, 1.165) is 34.4 Å². The number of hydrogen-bond donors (Lipinski definition) is 0. The van der Waals surface area contributed by atoms with Gasteiger partial charge in [-0.1, -0.05) is 28.1 Å². The molecule has 3 rings (SSSR count). The maximum atomic E-state index is 12.1. The van der Waals surface area contributed by atoms with Gasteiger partial charge in [-0.15, -0.1) is 0 Å². The highest BCUT2D eigenvalue weighted by atomic mass is 79.9. The molecule has 1 heterocycles. The third kappa shape index (κ3) is 6.96. The van der Waals surface area contributed by atoms with Crippen molar-refractivity contribution in [2.75, 3.05) is 13.1 Å². The molecule has 2 aromatic rings. The van der Waals surface area contributed by atoms with Crippen LogP contribution in [0.2, 0.25) is 0 Å². The lowest BCUT2D eigenvalue weighted by atomic mass is 10.1. The summed E-state index contributed by atoms with van der Waals surface area (Å²) in [6.45, 7) is 7.46. The summed E-state index contributed by atoms with van der Waals surface area (Å²) >= 11 is 3.42. The van der Waals surface area contributed by atoms with Crippen LogP contribution in [-0.2, 0) is 11.3 Å². The summed E-state index contributed by atoms with van der Waals surface area (Å²) in [7, 11) is 0. The molecule has 1 fully saturated rings. The van der Waals surface area contributed by atoms with Crippen molar-refractivity contribution in [1.29, 1.82) is 0 Å². The van der Waals surface area contributed by atoms with Gasteiger partial charge in [0.15, 0.2) is 0 Å². The summed E-state index contributed by atoms with van der Waals surface area (Å²) < 4.78 is 18.4. The number of rotatable bonds is 5. The Bertz CT molecular complexity index is 791. The van der Waals surface area contributed by atoms with Gasteiger partial charge in [0.25, 0.3) is 0 Å². The van der Waals surface area contributed by atoms with Crippen LogP contribution in [-0.4, -0.2) is 35.8 Å². The molecule has 0 radical (unpaired) electrons. The minimum Gasteiger partial charge on any atom is -0.490 e. The lowest BCUT2D eigenvalue weighted by Gasteiger charge is -2.33. The van der Waals surface area contributed by atoms with Gasteiger partial charge in [-0.25, -0.2) is 4.79 Å². The molecule has 156 valence electrons. The van der Waals surface area contributed by atoms with Crippen molar-refractivity contribution in [3.63, 3.8) is 0 Å². The fraction of sp³-hybridized carbons (Fsp3) is 0.435. The van der Waals surface area contributed by atoms with Crippen LogP contribution >= 0.6 is 15.9 Å². The molecule has 0 atom stereocenters. The van der Waals surface area contributed by atoms with Crippen LogP contribution < -0.4 is 9.47 Å². The average Bonchev–Trinajstić information content (AvgIpc) is 2.68. The van der Waals surface area contributed by atoms with Crippen LogP contribution in [0.1, 0.15) is 39.2 Å². The third-order valence-corrected chi connectivity index (χ3v) is 5.07. The highest BCUT2D eigenvalue weighted by molar-refractivity contribution is 9.10.